The minimum absolute atomic E-state index is 0.670. The van der Waals surface area contributed by atoms with Crippen molar-refractivity contribution in [2.75, 3.05) is 0 Å². The van der Waals surface area contributed by atoms with Gasteiger partial charge in [-0.1, -0.05) is 60.7 Å². The van der Waals surface area contributed by atoms with Gasteiger partial charge in [0.25, 0.3) is 0 Å². The highest BCUT2D eigenvalue weighted by Gasteiger charge is 2.12. The molecule has 0 atom stereocenters. The lowest BCUT2D eigenvalue weighted by Gasteiger charge is -2.18. The molecule has 3 aromatic rings. The molecule has 0 aliphatic heterocycles. The Kier molecular flexibility index (Phi) is 5.40. The first kappa shape index (κ1) is 18.0. The van der Waals surface area contributed by atoms with E-state index in [0.29, 0.717) is 13.2 Å². The maximum Gasteiger partial charge on any atom is 0.0724 e. The van der Waals surface area contributed by atoms with E-state index in [1.165, 1.54) is 44.5 Å². The SMILES string of the molecule is Cc1cc2c(COCc3ccccc3)cc1CCc1ccc(c(C)c1)CC2. The molecule has 0 spiro atoms. The zero-order chi connectivity index (χ0) is 18.6. The van der Waals surface area contributed by atoms with Crippen molar-refractivity contribution in [2.24, 2.45) is 0 Å². The summed E-state index contributed by atoms with van der Waals surface area (Å²) in [6, 6.07) is 22.3. The molecule has 27 heavy (non-hydrogen) atoms. The minimum atomic E-state index is 0.670. The molecule has 0 radical (unpaired) electrons. The molecule has 4 aliphatic carbocycles. The molecule has 4 aliphatic rings. The topological polar surface area (TPSA) is 9.23 Å². The first-order valence-corrected chi connectivity index (χ1v) is 10.0. The number of benzene rings is 3. The molecule has 0 saturated heterocycles. The van der Waals surface area contributed by atoms with Gasteiger partial charge >= 0.3 is 0 Å². The van der Waals surface area contributed by atoms with Gasteiger partial charge in [0.1, 0.15) is 0 Å². The van der Waals surface area contributed by atoms with Crippen LogP contribution in [0.1, 0.15) is 44.5 Å². The van der Waals surface area contributed by atoms with Gasteiger partial charge in [0.15, 0.2) is 0 Å². The molecule has 0 unspecified atom stereocenters. The van der Waals surface area contributed by atoms with Crippen molar-refractivity contribution < 1.29 is 4.74 Å². The van der Waals surface area contributed by atoms with Crippen LogP contribution in [-0.2, 0) is 43.6 Å². The minimum Gasteiger partial charge on any atom is -0.372 e. The standard InChI is InChI=1S/C26H28O/c1-19-14-21-8-10-23(19)12-13-25-15-20(2)24(11-9-21)16-26(25)18-27-17-22-6-4-3-5-7-22/h3-8,10,14-16H,9,11-13,17-18H2,1-2H3. The molecule has 3 aromatic carbocycles. The molecule has 7 rings (SSSR count). The third-order valence-electron chi connectivity index (χ3n) is 5.78. The van der Waals surface area contributed by atoms with Crippen LogP contribution in [0.5, 0.6) is 0 Å². The lowest BCUT2D eigenvalue weighted by molar-refractivity contribution is 0.106. The van der Waals surface area contributed by atoms with Gasteiger partial charge in [-0.15, -0.1) is 0 Å². The number of hydrogen-bond donors (Lipinski definition) is 0. The summed E-state index contributed by atoms with van der Waals surface area (Å²) in [6.45, 7) is 5.87. The van der Waals surface area contributed by atoms with Crippen molar-refractivity contribution in [1.82, 2.24) is 0 Å². The Balaban J connectivity index is 1.57. The van der Waals surface area contributed by atoms with Crippen LogP contribution in [0.25, 0.3) is 0 Å². The van der Waals surface area contributed by atoms with E-state index in [1.54, 1.807) is 0 Å². The van der Waals surface area contributed by atoms with E-state index in [-0.39, 0.29) is 0 Å². The van der Waals surface area contributed by atoms with Gasteiger partial charge in [0.2, 0.25) is 0 Å². The van der Waals surface area contributed by atoms with Crippen LogP contribution in [0.3, 0.4) is 0 Å². The first-order valence-electron chi connectivity index (χ1n) is 10.0. The van der Waals surface area contributed by atoms with Gasteiger partial charge in [-0.25, -0.2) is 0 Å². The van der Waals surface area contributed by atoms with E-state index in [9.17, 15) is 0 Å². The molecule has 1 nitrogen and oxygen atoms in total. The predicted octanol–water partition coefficient (Wildman–Crippen LogP) is 5.90. The fourth-order valence-electron chi connectivity index (χ4n) is 4.10. The van der Waals surface area contributed by atoms with E-state index in [0.717, 1.165) is 25.7 Å². The number of aryl methyl sites for hydroxylation is 6. The van der Waals surface area contributed by atoms with Crippen molar-refractivity contribution in [3.8, 4) is 0 Å². The van der Waals surface area contributed by atoms with Crippen LogP contribution in [0.15, 0.2) is 60.7 Å². The average Bonchev–Trinajstić information content (AvgIpc) is 2.67. The molecular weight excluding hydrogens is 328 g/mol. The third-order valence-corrected chi connectivity index (χ3v) is 5.78. The van der Waals surface area contributed by atoms with Crippen LogP contribution in [0.4, 0.5) is 0 Å². The normalized spacial score (nSPS) is 13.4. The van der Waals surface area contributed by atoms with Gasteiger partial charge in [-0.2, -0.15) is 0 Å². The fourth-order valence-corrected chi connectivity index (χ4v) is 4.10. The molecule has 0 amide bonds. The Hall–Kier alpha value is -2.38. The number of rotatable bonds is 4. The molecule has 0 heterocycles. The van der Waals surface area contributed by atoms with Gasteiger partial charge in [0.05, 0.1) is 13.2 Å². The lowest BCUT2D eigenvalue weighted by atomic mass is 9.89. The van der Waals surface area contributed by atoms with E-state index in [1.807, 2.05) is 6.07 Å². The summed E-state index contributed by atoms with van der Waals surface area (Å²) in [5.41, 5.74) is 11.3. The van der Waals surface area contributed by atoms with Crippen molar-refractivity contribution in [3.63, 3.8) is 0 Å². The highest BCUT2D eigenvalue weighted by atomic mass is 16.5. The van der Waals surface area contributed by atoms with Gasteiger partial charge in [-0.05, 0) is 84.0 Å². The van der Waals surface area contributed by atoms with Gasteiger partial charge in [0, 0.05) is 0 Å². The van der Waals surface area contributed by atoms with E-state index in [2.05, 4.69) is 68.4 Å². The summed E-state index contributed by atoms with van der Waals surface area (Å²) in [7, 11) is 0. The zero-order valence-corrected chi connectivity index (χ0v) is 16.4. The van der Waals surface area contributed by atoms with Crippen LogP contribution in [-0.4, -0.2) is 0 Å². The molecule has 0 saturated carbocycles. The Morgan fingerprint density at radius 1 is 0.667 bits per heavy atom. The summed E-state index contributed by atoms with van der Waals surface area (Å²) in [4.78, 5) is 0. The second kappa shape index (κ2) is 8.10. The highest BCUT2D eigenvalue weighted by molar-refractivity contribution is 5.41. The molecular formula is C26H28O. The Bertz CT molecular complexity index is 924. The molecule has 0 fully saturated rings. The van der Waals surface area contributed by atoms with Crippen LogP contribution < -0.4 is 0 Å². The Morgan fingerprint density at radius 2 is 1.41 bits per heavy atom. The van der Waals surface area contributed by atoms with Crippen molar-refractivity contribution in [3.05, 3.63) is 105 Å². The van der Waals surface area contributed by atoms with Crippen molar-refractivity contribution in [1.29, 1.82) is 0 Å². The molecule has 4 bridgehead atoms. The van der Waals surface area contributed by atoms with Gasteiger partial charge < -0.3 is 4.74 Å². The van der Waals surface area contributed by atoms with E-state index < -0.39 is 0 Å². The Labute approximate surface area is 163 Å². The van der Waals surface area contributed by atoms with Crippen molar-refractivity contribution >= 4 is 0 Å². The molecule has 0 aromatic heterocycles. The van der Waals surface area contributed by atoms with Crippen molar-refractivity contribution in [2.45, 2.75) is 52.7 Å². The maximum absolute atomic E-state index is 6.09. The fraction of sp³-hybridized carbons (Fsp3) is 0.308. The summed E-state index contributed by atoms with van der Waals surface area (Å²) in [5, 5.41) is 0. The summed E-state index contributed by atoms with van der Waals surface area (Å²) in [5.74, 6) is 0. The average molecular weight is 357 g/mol. The van der Waals surface area contributed by atoms with Crippen LogP contribution >= 0.6 is 0 Å². The summed E-state index contributed by atoms with van der Waals surface area (Å²) < 4.78 is 6.09. The largest absolute Gasteiger partial charge is 0.372 e. The van der Waals surface area contributed by atoms with E-state index >= 15 is 0 Å². The number of hydrogen-bond acceptors (Lipinski definition) is 1. The quantitative estimate of drug-likeness (QED) is 0.565. The summed E-state index contributed by atoms with van der Waals surface area (Å²) in [6.07, 6.45) is 4.37. The molecule has 138 valence electrons. The monoisotopic (exact) mass is 356 g/mol. The smallest absolute Gasteiger partial charge is 0.0724 e. The maximum atomic E-state index is 6.09. The second-order valence-corrected chi connectivity index (χ2v) is 7.79. The lowest BCUT2D eigenvalue weighted by Crippen LogP contribution is -2.06. The summed E-state index contributed by atoms with van der Waals surface area (Å²) >= 11 is 0. The van der Waals surface area contributed by atoms with Crippen LogP contribution in [0, 0.1) is 13.8 Å². The second-order valence-electron chi connectivity index (χ2n) is 7.79. The number of ether oxygens (including phenoxy) is 1. The zero-order valence-electron chi connectivity index (χ0n) is 16.4. The highest BCUT2D eigenvalue weighted by Crippen LogP contribution is 2.24. The van der Waals surface area contributed by atoms with E-state index in [4.69, 9.17) is 4.74 Å². The molecule has 1 heteroatoms. The Morgan fingerprint density at radius 3 is 2.22 bits per heavy atom. The first-order chi connectivity index (χ1) is 13.2. The predicted molar refractivity (Wildman–Crippen MR) is 112 cm³/mol. The molecule has 0 N–H and O–H groups in total. The van der Waals surface area contributed by atoms with Gasteiger partial charge in [-0.3, -0.25) is 0 Å². The van der Waals surface area contributed by atoms with Crippen LogP contribution in [0.2, 0.25) is 0 Å². The third kappa shape index (κ3) is 4.31.